The first-order chi connectivity index (χ1) is 10.5. The second-order valence-electron chi connectivity index (χ2n) is 6.62. The van der Waals surface area contributed by atoms with Crippen LogP contribution in [0.25, 0.3) is 11.0 Å². The van der Waals surface area contributed by atoms with Crippen LogP contribution in [-0.4, -0.2) is 41.4 Å². The van der Waals surface area contributed by atoms with Crippen molar-refractivity contribution in [3.05, 3.63) is 36.1 Å². The van der Waals surface area contributed by atoms with Gasteiger partial charge in [-0.3, -0.25) is 9.69 Å². The maximum atomic E-state index is 12.5. The quantitative estimate of drug-likeness (QED) is 0.870. The Hall–Kier alpha value is -1.81. The van der Waals surface area contributed by atoms with Gasteiger partial charge in [0.1, 0.15) is 5.58 Å². The minimum absolute atomic E-state index is 0.0486. The molecule has 0 spiro atoms. The van der Waals surface area contributed by atoms with Crippen LogP contribution in [0.1, 0.15) is 26.3 Å². The van der Waals surface area contributed by atoms with Gasteiger partial charge in [0.2, 0.25) is 5.91 Å². The normalized spacial score (nSPS) is 20.3. The Kier molecular flexibility index (Phi) is 4.21. The van der Waals surface area contributed by atoms with Gasteiger partial charge in [0.25, 0.3) is 0 Å². The van der Waals surface area contributed by atoms with Gasteiger partial charge in [0.05, 0.1) is 12.3 Å². The Balaban J connectivity index is 1.69. The maximum absolute atomic E-state index is 12.5. The smallest absolute Gasteiger partial charge is 0.239 e. The molecule has 0 saturated carbocycles. The summed E-state index contributed by atoms with van der Waals surface area (Å²) in [4.78, 5) is 16.8. The van der Waals surface area contributed by atoms with Gasteiger partial charge in [-0.15, -0.1) is 0 Å². The summed E-state index contributed by atoms with van der Waals surface area (Å²) in [6.07, 6.45) is 1.71. The predicted molar refractivity (Wildman–Crippen MR) is 87.5 cm³/mol. The molecule has 2 aromatic rings. The van der Waals surface area contributed by atoms with E-state index in [1.807, 2.05) is 24.0 Å². The Morgan fingerprint density at radius 3 is 2.86 bits per heavy atom. The minimum atomic E-state index is -0.0486. The van der Waals surface area contributed by atoms with E-state index in [-0.39, 0.29) is 11.9 Å². The molecular formula is C18H24N2O2. The number of amides is 1. The molecule has 2 heterocycles. The number of fused-ring (bicyclic) bond motifs is 1. The van der Waals surface area contributed by atoms with Gasteiger partial charge in [-0.25, -0.2) is 0 Å². The predicted octanol–water partition coefficient (Wildman–Crippen LogP) is 3.12. The molecule has 0 bridgehead atoms. The summed E-state index contributed by atoms with van der Waals surface area (Å²) < 4.78 is 5.38. The van der Waals surface area contributed by atoms with Crippen LogP contribution in [0, 0.1) is 5.92 Å². The largest absolute Gasteiger partial charge is 0.464 e. The summed E-state index contributed by atoms with van der Waals surface area (Å²) >= 11 is 0. The van der Waals surface area contributed by atoms with Crippen molar-refractivity contribution in [1.82, 2.24) is 9.80 Å². The molecule has 1 aliphatic heterocycles. The van der Waals surface area contributed by atoms with Crippen LogP contribution >= 0.6 is 0 Å². The second kappa shape index (κ2) is 6.13. The Morgan fingerprint density at radius 1 is 1.27 bits per heavy atom. The average molecular weight is 300 g/mol. The molecule has 1 aliphatic rings. The van der Waals surface area contributed by atoms with Crippen LogP contribution < -0.4 is 0 Å². The number of carbonyl (C=O) groups excluding carboxylic acids is 1. The van der Waals surface area contributed by atoms with Crippen molar-refractivity contribution in [2.24, 2.45) is 5.92 Å². The first-order valence-electron chi connectivity index (χ1n) is 8.03. The Morgan fingerprint density at radius 2 is 2.09 bits per heavy atom. The van der Waals surface area contributed by atoms with Gasteiger partial charge >= 0.3 is 0 Å². The van der Waals surface area contributed by atoms with Gasteiger partial charge in [-0.1, -0.05) is 19.9 Å². The van der Waals surface area contributed by atoms with Crippen LogP contribution in [0.4, 0.5) is 0 Å². The summed E-state index contributed by atoms with van der Waals surface area (Å²) in [5.41, 5.74) is 2.14. The molecular weight excluding hydrogens is 276 g/mol. The molecule has 1 aromatic carbocycles. The highest BCUT2D eigenvalue weighted by Crippen LogP contribution is 2.20. The summed E-state index contributed by atoms with van der Waals surface area (Å²) in [6.45, 7) is 9.76. The maximum Gasteiger partial charge on any atom is 0.239 e. The molecule has 0 unspecified atom stereocenters. The van der Waals surface area contributed by atoms with E-state index in [2.05, 4.69) is 30.9 Å². The van der Waals surface area contributed by atoms with Crippen LogP contribution in [0.15, 0.2) is 34.9 Å². The monoisotopic (exact) mass is 300 g/mol. The highest BCUT2D eigenvalue weighted by molar-refractivity contribution is 5.82. The number of hydrogen-bond acceptors (Lipinski definition) is 3. The molecule has 3 rings (SSSR count). The number of carbonyl (C=O) groups is 1. The lowest BCUT2D eigenvalue weighted by Gasteiger charge is -2.39. The fraction of sp³-hybridized carbons (Fsp3) is 0.500. The second-order valence-corrected chi connectivity index (χ2v) is 6.62. The van der Waals surface area contributed by atoms with E-state index >= 15 is 0 Å². The lowest BCUT2D eigenvalue weighted by atomic mass is 10.1. The fourth-order valence-corrected chi connectivity index (χ4v) is 3.16. The van der Waals surface area contributed by atoms with Crippen molar-refractivity contribution in [2.75, 3.05) is 19.6 Å². The molecule has 0 aliphatic carbocycles. The summed E-state index contributed by atoms with van der Waals surface area (Å²) in [6, 6.07) is 8.17. The summed E-state index contributed by atoms with van der Waals surface area (Å²) in [5.74, 6) is 0.774. The van der Waals surface area contributed by atoms with Gasteiger partial charge in [0.15, 0.2) is 0 Å². The number of nitrogens with zero attached hydrogens (tertiary/aromatic N) is 2. The number of hydrogen-bond donors (Lipinski definition) is 0. The highest BCUT2D eigenvalue weighted by Gasteiger charge is 2.31. The molecule has 22 heavy (non-hydrogen) atoms. The minimum Gasteiger partial charge on any atom is -0.464 e. The van der Waals surface area contributed by atoms with Crippen LogP contribution in [-0.2, 0) is 11.3 Å². The van der Waals surface area contributed by atoms with Crippen LogP contribution in [0.2, 0.25) is 0 Å². The van der Waals surface area contributed by atoms with E-state index in [0.717, 1.165) is 37.1 Å². The molecule has 118 valence electrons. The number of piperazine rings is 1. The molecule has 1 amide bonds. The van der Waals surface area contributed by atoms with Crippen molar-refractivity contribution in [1.29, 1.82) is 0 Å². The Bertz CT molecular complexity index is 662. The van der Waals surface area contributed by atoms with Gasteiger partial charge in [0, 0.05) is 31.6 Å². The van der Waals surface area contributed by atoms with Crippen molar-refractivity contribution in [2.45, 2.75) is 33.4 Å². The van der Waals surface area contributed by atoms with E-state index in [1.54, 1.807) is 6.26 Å². The average Bonchev–Trinajstić information content (AvgIpc) is 2.94. The molecule has 1 atom stereocenters. The third-order valence-electron chi connectivity index (χ3n) is 4.36. The van der Waals surface area contributed by atoms with E-state index in [1.165, 1.54) is 5.56 Å². The van der Waals surface area contributed by atoms with Crippen molar-refractivity contribution in [3.63, 3.8) is 0 Å². The third kappa shape index (κ3) is 3.02. The van der Waals surface area contributed by atoms with Crippen molar-refractivity contribution in [3.8, 4) is 0 Å². The number of rotatable bonds is 4. The van der Waals surface area contributed by atoms with E-state index < -0.39 is 0 Å². The molecule has 4 nitrogen and oxygen atoms in total. The SMILES string of the molecule is CC(C)CN1CCN(Cc2ccc3occc3c2)[C@@H](C)C1=O. The van der Waals surface area contributed by atoms with E-state index in [4.69, 9.17) is 4.42 Å². The van der Waals surface area contributed by atoms with Crippen LogP contribution in [0.3, 0.4) is 0 Å². The fourth-order valence-electron chi connectivity index (χ4n) is 3.16. The zero-order valence-corrected chi connectivity index (χ0v) is 13.6. The van der Waals surface area contributed by atoms with Crippen molar-refractivity contribution < 1.29 is 9.21 Å². The summed E-state index contributed by atoms with van der Waals surface area (Å²) in [5, 5.41) is 1.12. The molecule has 1 saturated heterocycles. The van der Waals surface area contributed by atoms with Gasteiger partial charge < -0.3 is 9.32 Å². The zero-order chi connectivity index (χ0) is 15.7. The standard InChI is InChI=1S/C18H24N2O2/c1-13(2)11-20-8-7-19(14(3)18(20)21)12-15-4-5-17-16(10-15)6-9-22-17/h4-6,9-10,13-14H,7-8,11-12H2,1-3H3/t14-/m0/s1. The molecule has 1 aromatic heterocycles. The van der Waals surface area contributed by atoms with Crippen molar-refractivity contribution >= 4 is 16.9 Å². The first kappa shape index (κ1) is 15.1. The number of furan rings is 1. The molecule has 0 N–H and O–H groups in total. The third-order valence-corrected chi connectivity index (χ3v) is 4.36. The first-order valence-corrected chi connectivity index (χ1v) is 8.03. The van der Waals surface area contributed by atoms with E-state index in [9.17, 15) is 4.79 Å². The summed E-state index contributed by atoms with van der Waals surface area (Å²) in [7, 11) is 0. The van der Waals surface area contributed by atoms with Gasteiger partial charge in [-0.05, 0) is 36.6 Å². The lowest BCUT2D eigenvalue weighted by molar-refractivity contribution is -0.141. The molecule has 4 heteroatoms. The van der Waals surface area contributed by atoms with Gasteiger partial charge in [-0.2, -0.15) is 0 Å². The topological polar surface area (TPSA) is 36.7 Å². The van der Waals surface area contributed by atoms with E-state index in [0.29, 0.717) is 5.92 Å². The van der Waals surface area contributed by atoms with Crippen LogP contribution in [0.5, 0.6) is 0 Å². The molecule has 0 radical (unpaired) electrons. The molecule has 1 fully saturated rings. The zero-order valence-electron chi connectivity index (χ0n) is 13.6. The lowest BCUT2D eigenvalue weighted by Crippen LogP contribution is -2.56. The Labute approximate surface area is 131 Å². The highest BCUT2D eigenvalue weighted by atomic mass is 16.3. The number of benzene rings is 1.